The minimum Gasteiger partial charge on any atom is -0.0985 e. The highest BCUT2D eigenvalue weighted by molar-refractivity contribution is 5.27. The van der Waals surface area contributed by atoms with Gasteiger partial charge in [0.05, 0.1) is 0 Å². The topological polar surface area (TPSA) is 0 Å². The van der Waals surface area contributed by atoms with E-state index in [0.29, 0.717) is 0 Å². The van der Waals surface area contributed by atoms with Gasteiger partial charge in [-0.25, -0.2) is 0 Å². The van der Waals surface area contributed by atoms with E-state index in [1.54, 1.807) is 6.08 Å². The molecule has 0 aliphatic rings. The maximum Gasteiger partial charge on any atom is -0.0335 e. The average molecular weight is 108 g/mol. The molecule has 0 saturated carbocycles. The summed E-state index contributed by atoms with van der Waals surface area (Å²) in [5.41, 5.74) is 2.24. The van der Waals surface area contributed by atoms with Crippen molar-refractivity contribution in [3.8, 4) is 0 Å². The first kappa shape index (κ1) is 7.22. The third-order valence-electron chi connectivity index (χ3n) is 0.736. The molecule has 0 aromatic heterocycles. The minimum absolute atomic E-state index is 0.977. The van der Waals surface area contributed by atoms with Crippen LogP contribution in [0.25, 0.3) is 0 Å². The summed E-state index contributed by atoms with van der Waals surface area (Å²) in [5.74, 6) is 0. The molecule has 0 aromatic carbocycles. The minimum atomic E-state index is 0.977. The second kappa shape index (κ2) is 3.25. The Bertz CT molecular complexity index is 123. The molecule has 0 heteroatoms. The molecule has 0 unspecified atom stereocenters. The fourth-order valence-corrected chi connectivity index (χ4v) is 0.430. The molecule has 0 spiro atoms. The van der Waals surface area contributed by atoms with Crippen LogP contribution in [0.15, 0.2) is 36.5 Å². The van der Waals surface area contributed by atoms with Crippen LogP contribution in [0.3, 0.4) is 0 Å². The third kappa shape index (κ3) is 3.41. The molecule has 0 bridgehead atoms. The Morgan fingerprint density at radius 1 is 1.38 bits per heavy atom. The summed E-state index contributed by atoms with van der Waals surface area (Å²) in [7, 11) is 0. The van der Waals surface area contributed by atoms with Crippen molar-refractivity contribution in [2.24, 2.45) is 0 Å². The lowest BCUT2D eigenvalue weighted by Crippen LogP contribution is -1.66. The fraction of sp³-hybridized carbons (Fsp3) is 0.250. The quantitative estimate of drug-likeness (QED) is 0.477. The molecule has 0 saturated heterocycles. The van der Waals surface area contributed by atoms with Gasteiger partial charge in [-0.15, -0.1) is 0 Å². The summed E-state index contributed by atoms with van der Waals surface area (Å²) in [6, 6.07) is 0. The summed E-state index contributed by atoms with van der Waals surface area (Å²) in [5, 5.41) is 0. The Balaban J connectivity index is 3.89. The zero-order chi connectivity index (χ0) is 6.57. The predicted molar refractivity (Wildman–Crippen MR) is 38.8 cm³/mol. The zero-order valence-electron chi connectivity index (χ0n) is 5.57. The van der Waals surface area contributed by atoms with E-state index < -0.39 is 0 Å². The summed E-state index contributed by atoms with van der Waals surface area (Å²) in [6.07, 6.45) is 3.74. The molecule has 44 valence electrons. The van der Waals surface area contributed by atoms with Crippen molar-refractivity contribution in [3.63, 3.8) is 0 Å². The molecule has 8 heavy (non-hydrogen) atoms. The van der Waals surface area contributed by atoms with Gasteiger partial charge >= 0.3 is 0 Å². The molecule has 0 amide bonds. The Kier molecular flexibility index (Phi) is 2.93. The van der Waals surface area contributed by atoms with E-state index in [-0.39, 0.29) is 0 Å². The molecule has 0 aliphatic heterocycles. The van der Waals surface area contributed by atoms with Gasteiger partial charge < -0.3 is 0 Å². The highest BCUT2D eigenvalue weighted by Crippen LogP contribution is 1.97. The fourth-order valence-electron chi connectivity index (χ4n) is 0.430. The molecule has 0 fully saturated rings. The third-order valence-corrected chi connectivity index (χ3v) is 0.736. The van der Waals surface area contributed by atoms with E-state index in [4.69, 9.17) is 0 Å². The standard InChI is InChI=1S/C8H12/c1-5-8(4)6-7(2)3/h5-6H,1,4H2,2-3H3. The van der Waals surface area contributed by atoms with Crippen LogP contribution in [-0.4, -0.2) is 0 Å². The SMILES string of the molecule is C=CC(=C)C=C(C)C. The van der Waals surface area contributed by atoms with Gasteiger partial charge in [-0.1, -0.05) is 30.9 Å². The Hall–Kier alpha value is -0.780. The van der Waals surface area contributed by atoms with Crippen molar-refractivity contribution < 1.29 is 0 Å². The van der Waals surface area contributed by atoms with Crippen molar-refractivity contribution in [1.82, 2.24) is 0 Å². The van der Waals surface area contributed by atoms with Crippen LogP contribution in [0.4, 0.5) is 0 Å². The second-order valence-electron chi connectivity index (χ2n) is 2.00. The molecule has 0 nitrogen and oxygen atoms in total. The van der Waals surface area contributed by atoms with Crippen molar-refractivity contribution >= 4 is 0 Å². The average Bonchev–Trinajstić information content (AvgIpc) is 1.65. The molecule has 0 aromatic rings. The smallest absolute Gasteiger partial charge is 0.0335 e. The van der Waals surface area contributed by atoms with Crippen LogP contribution in [0.2, 0.25) is 0 Å². The summed E-state index contributed by atoms with van der Waals surface area (Å²) < 4.78 is 0. The zero-order valence-corrected chi connectivity index (χ0v) is 5.57. The van der Waals surface area contributed by atoms with Gasteiger partial charge in [0.2, 0.25) is 0 Å². The van der Waals surface area contributed by atoms with Crippen LogP contribution in [0, 0.1) is 0 Å². The first-order chi connectivity index (χ1) is 3.66. The van der Waals surface area contributed by atoms with E-state index >= 15 is 0 Å². The van der Waals surface area contributed by atoms with E-state index in [1.807, 2.05) is 19.9 Å². The van der Waals surface area contributed by atoms with Gasteiger partial charge in [0.15, 0.2) is 0 Å². The molecule has 0 heterocycles. The molecule has 0 rings (SSSR count). The summed E-state index contributed by atoms with van der Waals surface area (Å²) in [6.45, 7) is 11.4. The van der Waals surface area contributed by atoms with E-state index in [1.165, 1.54) is 5.57 Å². The largest absolute Gasteiger partial charge is 0.0985 e. The molecular weight excluding hydrogens is 96.1 g/mol. The van der Waals surface area contributed by atoms with Crippen molar-refractivity contribution in [2.45, 2.75) is 13.8 Å². The van der Waals surface area contributed by atoms with Crippen molar-refractivity contribution in [2.75, 3.05) is 0 Å². The summed E-state index contributed by atoms with van der Waals surface area (Å²) >= 11 is 0. The highest BCUT2D eigenvalue weighted by Gasteiger charge is 1.77. The van der Waals surface area contributed by atoms with Crippen molar-refractivity contribution in [3.05, 3.63) is 36.5 Å². The van der Waals surface area contributed by atoms with Gasteiger partial charge in [0, 0.05) is 0 Å². The monoisotopic (exact) mass is 108 g/mol. The van der Waals surface area contributed by atoms with Gasteiger partial charge in [-0.05, 0) is 19.4 Å². The molecule has 0 atom stereocenters. The molecule has 0 aliphatic carbocycles. The number of allylic oxidation sites excluding steroid dienone is 4. The first-order valence-corrected chi connectivity index (χ1v) is 2.63. The van der Waals surface area contributed by atoms with Crippen LogP contribution in [-0.2, 0) is 0 Å². The van der Waals surface area contributed by atoms with Gasteiger partial charge in [-0.2, -0.15) is 0 Å². The van der Waals surface area contributed by atoms with E-state index in [9.17, 15) is 0 Å². The molecule has 0 N–H and O–H groups in total. The maximum atomic E-state index is 3.72. The number of rotatable bonds is 2. The summed E-state index contributed by atoms with van der Waals surface area (Å²) in [4.78, 5) is 0. The van der Waals surface area contributed by atoms with Gasteiger partial charge in [-0.3, -0.25) is 0 Å². The van der Waals surface area contributed by atoms with E-state index in [0.717, 1.165) is 5.57 Å². The van der Waals surface area contributed by atoms with Gasteiger partial charge in [0.1, 0.15) is 0 Å². The van der Waals surface area contributed by atoms with Crippen LogP contribution >= 0.6 is 0 Å². The van der Waals surface area contributed by atoms with Gasteiger partial charge in [0.25, 0.3) is 0 Å². The lowest BCUT2D eigenvalue weighted by molar-refractivity contribution is 1.38. The molecule has 0 radical (unpaired) electrons. The second-order valence-corrected chi connectivity index (χ2v) is 2.00. The Morgan fingerprint density at radius 3 is 2.00 bits per heavy atom. The normalized spacial score (nSPS) is 7.75. The number of hydrogen-bond donors (Lipinski definition) is 0. The predicted octanol–water partition coefficient (Wildman–Crippen LogP) is 2.69. The van der Waals surface area contributed by atoms with Crippen LogP contribution < -0.4 is 0 Å². The molecular formula is C8H12. The maximum absolute atomic E-state index is 3.72. The van der Waals surface area contributed by atoms with Crippen LogP contribution in [0.1, 0.15) is 13.8 Å². The Morgan fingerprint density at radius 2 is 1.88 bits per heavy atom. The first-order valence-electron chi connectivity index (χ1n) is 2.63. The van der Waals surface area contributed by atoms with Crippen LogP contribution in [0.5, 0.6) is 0 Å². The van der Waals surface area contributed by atoms with E-state index in [2.05, 4.69) is 13.2 Å². The van der Waals surface area contributed by atoms with Crippen molar-refractivity contribution in [1.29, 1.82) is 0 Å². The lowest BCUT2D eigenvalue weighted by Gasteiger charge is -1.87. The highest BCUT2D eigenvalue weighted by atomic mass is 13.8. The Labute approximate surface area is 51.2 Å². The lowest BCUT2D eigenvalue weighted by atomic mass is 10.2. The number of hydrogen-bond acceptors (Lipinski definition) is 0.